The Morgan fingerprint density at radius 2 is 2.14 bits per heavy atom. The normalized spacial score (nSPS) is 17.6. The van der Waals surface area contributed by atoms with Gasteiger partial charge in [-0.2, -0.15) is 11.8 Å². The minimum Gasteiger partial charge on any atom is -0.396 e. The van der Waals surface area contributed by atoms with Gasteiger partial charge >= 0.3 is 0 Å². The van der Waals surface area contributed by atoms with Gasteiger partial charge in [-0.05, 0) is 37.1 Å². The van der Waals surface area contributed by atoms with Gasteiger partial charge in [0.1, 0.15) is 0 Å². The number of carbonyl (C=O) groups is 1. The molecule has 122 valence electrons. The molecule has 2 atom stereocenters. The number of nitrogens with one attached hydrogen (secondary N) is 1. The lowest BCUT2D eigenvalue weighted by Crippen LogP contribution is -2.50. The number of aliphatic hydroxyl groups is 1. The molecule has 0 saturated heterocycles. The fourth-order valence-electron chi connectivity index (χ4n) is 2.89. The van der Waals surface area contributed by atoms with Gasteiger partial charge in [0, 0.05) is 31.5 Å². The van der Waals surface area contributed by atoms with E-state index in [1.807, 2.05) is 13.2 Å². The van der Waals surface area contributed by atoms with Gasteiger partial charge in [-0.25, -0.2) is 0 Å². The highest BCUT2D eigenvalue weighted by molar-refractivity contribution is 7.98. The van der Waals surface area contributed by atoms with Gasteiger partial charge in [-0.3, -0.25) is 9.69 Å². The second kappa shape index (κ2) is 8.56. The fourth-order valence-corrected chi connectivity index (χ4v) is 3.54. The molecule has 0 aliphatic carbocycles. The molecule has 0 radical (unpaired) electrons. The summed E-state index contributed by atoms with van der Waals surface area (Å²) in [4.78, 5) is 14.7. The van der Waals surface area contributed by atoms with Crippen molar-refractivity contribution in [1.82, 2.24) is 10.2 Å². The molecule has 0 aromatic heterocycles. The fraction of sp³-hybridized carbons (Fsp3) is 0.588. The van der Waals surface area contributed by atoms with Crippen LogP contribution in [0.3, 0.4) is 0 Å². The number of carbonyl (C=O) groups excluding carboxylic acids is 1. The third kappa shape index (κ3) is 4.48. The van der Waals surface area contributed by atoms with E-state index >= 15 is 0 Å². The van der Waals surface area contributed by atoms with E-state index in [0.29, 0.717) is 6.42 Å². The summed E-state index contributed by atoms with van der Waals surface area (Å²) < 4.78 is 0. The Morgan fingerprint density at radius 1 is 1.41 bits per heavy atom. The molecule has 22 heavy (non-hydrogen) atoms. The number of nitrogens with zero attached hydrogens (tertiary/aromatic N) is 1. The molecule has 5 heteroatoms. The Hall–Kier alpha value is -1.04. The highest BCUT2D eigenvalue weighted by Crippen LogP contribution is 2.20. The molecule has 0 saturated carbocycles. The lowest BCUT2D eigenvalue weighted by Gasteiger charge is -2.33. The maximum absolute atomic E-state index is 12.5. The average Bonchev–Trinajstić information content (AvgIpc) is 2.54. The van der Waals surface area contributed by atoms with Gasteiger partial charge in [0.2, 0.25) is 5.91 Å². The molecule has 1 heterocycles. The zero-order chi connectivity index (χ0) is 15.9. The second-order valence-corrected chi connectivity index (χ2v) is 6.75. The Labute approximate surface area is 137 Å². The van der Waals surface area contributed by atoms with E-state index in [1.54, 1.807) is 11.8 Å². The predicted molar refractivity (Wildman–Crippen MR) is 92.0 cm³/mol. The average molecular weight is 322 g/mol. The molecule has 4 nitrogen and oxygen atoms in total. The summed E-state index contributed by atoms with van der Waals surface area (Å²) in [6.07, 6.45) is 3.63. The first-order chi connectivity index (χ1) is 10.7. The monoisotopic (exact) mass is 322 g/mol. The summed E-state index contributed by atoms with van der Waals surface area (Å²) in [7, 11) is 0. The molecule has 1 amide bonds. The molecule has 0 bridgehead atoms. The van der Waals surface area contributed by atoms with E-state index in [1.165, 1.54) is 11.1 Å². The highest BCUT2D eigenvalue weighted by Gasteiger charge is 2.26. The number of hydrogen-bond donors (Lipinski definition) is 2. The molecule has 1 aliphatic rings. The van der Waals surface area contributed by atoms with Gasteiger partial charge in [0.15, 0.2) is 0 Å². The van der Waals surface area contributed by atoms with Crippen LogP contribution in [0.25, 0.3) is 0 Å². The standard InChI is InChI=1S/C17H26N2O2S/c1-13(17(21)18-16(8-10-20)12-22-2)19-9-7-14-5-3-4-6-15(14)11-19/h3-6,13,16,20H,7-12H2,1-2H3,(H,18,21). The number of hydrogen-bond acceptors (Lipinski definition) is 4. The first-order valence-corrected chi connectivity index (χ1v) is 9.26. The van der Waals surface area contributed by atoms with E-state index in [-0.39, 0.29) is 24.6 Å². The Kier molecular flexibility index (Phi) is 6.73. The predicted octanol–water partition coefficient (Wildman–Crippen LogP) is 1.66. The third-order valence-corrected chi connectivity index (χ3v) is 5.01. The van der Waals surface area contributed by atoms with Crippen molar-refractivity contribution in [3.05, 3.63) is 35.4 Å². The summed E-state index contributed by atoms with van der Waals surface area (Å²) in [5.41, 5.74) is 2.72. The summed E-state index contributed by atoms with van der Waals surface area (Å²) >= 11 is 1.69. The topological polar surface area (TPSA) is 52.6 Å². The largest absolute Gasteiger partial charge is 0.396 e. The lowest BCUT2D eigenvalue weighted by atomic mass is 9.98. The Morgan fingerprint density at radius 3 is 2.82 bits per heavy atom. The minimum atomic E-state index is -0.142. The molecule has 0 spiro atoms. The van der Waals surface area contributed by atoms with Crippen molar-refractivity contribution in [3.8, 4) is 0 Å². The maximum atomic E-state index is 12.5. The SMILES string of the molecule is CSCC(CCO)NC(=O)C(C)N1CCc2ccccc2C1. The number of aliphatic hydroxyl groups excluding tert-OH is 1. The van der Waals surface area contributed by atoms with Gasteiger partial charge < -0.3 is 10.4 Å². The molecule has 1 aliphatic heterocycles. The van der Waals surface area contributed by atoms with Crippen LogP contribution in [0.15, 0.2) is 24.3 Å². The molecule has 2 N–H and O–H groups in total. The van der Waals surface area contributed by atoms with Crippen LogP contribution in [0, 0.1) is 0 Å². The van der Waals surface area contributed by atoms with E-state index in [0.717, 1.165) is 25.3 Å². The van der Waals surface area contributed by atoms with Gasteiger partial charge in [0.05, 0.1) is 6.04 Å². The highest BCUT2D eigenvalue weighted by atomic mass is 32.2. The van der Waals surface area contributed by atoms with Crippen molar-refractivity contribution < 1.29 is 9.90 Å². The molecule has 1 aromatic carbocycles. The summed E-state index contributed by atoms with van der Waals surface area (Å²) in [6, 6.07) is 8.36. The summed E-state index contributed by atoms with van der Waals surface area (Å²) in [5.74, 6) is 0.897. The van der Waals surface area contributed by atoms with Crippen LogP contribution in [-0.2, 0) is 17.8 Å². The number of amides is 1. The summed E-state index contributed by atoms with van der Waals surface area (Å²) in [6.45, 7) is 3.83. The zero-order valence-corrected chi connectivity index (χ0v) is 14.2. The van der Waals surface area contributed by atoms with Crippen LogP contribution in [-0.4, -0.2) is 53.2 Å². The van der Waals surface area contributed by atoms with Crippen molar-refractivity contribution in [2.75, 3.05) is 25.2 Å². The molecule has 2 unspecified atom stereocenters. The van der Waals surface area contributed by atoms with Crippen molar-refractivity contribution >= 4 is 17.7 Å². The maximum Gasteiger partial charge on any atom is 0.237 e. The second-order valence-electron chi connectivity index (χ2n) is 5.84. The minimum absolute atomic E-state index is 0.0482. The summed E-state index contributed by atoms with van der Waals surface area (Å²) in [5, 5.41) is 12.2. The van der Waals surface area contributed by atoms with Crippen molar-refractivity contribution in [3.63, 3.8) is 0 Å². The number of rotatable bonds is 7. The number of benzene rings is 1. The number of thioether (sulfide) groups is 1. The van der Waals surface area contributed by atoms with E-state index in [9.17, 15) is 4.79 Å². The molecular weight excluding hydrogens is 296 g/mol. The van der Waals surface area contributed by atoms with Gasteiger partial charge in [-0.1, -0.05) is 24.3 Å². The van der Waals surface area contributed by atoms with E-state index < -0.39 is 0 Å². The molecular formula is C17H26N2O2S. The van der Waals surface area contributed by atoms with E-state index in [4.69, 9.17) is 5.11 Å². The molecule has 1 aromatic rings. The van der Waals surface area contributed by atoms with Gasteiger partial charge in [0.25, 0.3) is 0 Å². The molecule has 2 rings (SSSR count). The van der Waals surface area contributed by atoms with Crippen LogP contribution in [0.4, 0.5) is 0 Å². The van der Waals surface area contributed by atoms with Crippen LogP contribution in [0.5, 0.6) is 0 Å². The van der Waals surface area contributed by atoms with Crippen molar-refractivity contribution in [2.24, 2.45) is 0 Å². The van der Waals surface area contributed by atoms with Crippen molar-refractivity contribution in [2.45, 2.75) is 38.4 Å². The number of fused-ring (bicyclic) bond motifs is 1. The Bertz CT molecular complexity index is 489. The molecule has 0 fully saturated rings. The van der Waals surface area contributed by atoms with Crippen LogP contribution < -0.4 is 5.32 Å². The lowest BCUT2D eigenvalue weighted by molar-refractivity contribution is -0.126. The van der Waals surface area contributed by atoms with Crippen LogP contribution in [0.1, 0.15) is 24.5 Å². The first-order valence-electron chi connectivity index (χ1n) is 7.86. The van der Waals surface area contributed by atoms with Crippen LogP contribution >= 0.6 is 11.8 Å². The first kappa shape index (κ1) is 17.3. The quantitative estimate of drug-likeness (QED) is 0.802. The van der Waals surface area contributed by atoms with Crippen LogP contribution in [0.2, 0.25) is 0 Å². The third-order valence-electron chi connectivity index (χ3n) is 4.28. The Balaban J connectivity index is 1.93. The van der Waals surface area contributed by atoms with E-state index in [2.05, 4.69) is 34.5 Å². The zero-order valence-electron chi connectivity index (χ0n) is 13.4. The van der Waals surface area contributed by atoms with Crippen molar-refractivity contribution in [1.29, 1.82) is 0 Å². The smallest absolute Gasteiger partial charge is 0.237 e. The van der Waals surface area contributed by atoms with Gasteiger partial charge in [-0.15, -0.1) is 0 Å².